The lowest BCUT2D eigenvalue weighted by molar-refractivity contribution is -0.121. The number of anilines is 1. The highest BCUT2D eigenvalue weighted by molar-refractivity contribution is 8.11. The van der Waals surface area contributed by atoms with E-state index in [9.17, 15) is 69.6 Å². The highest BCUT2D eigenvalue weighted by Crippen LogP contribution is 2.38. The second-order valence-corrected chi connectivity index (χ2v) is 14.3. The lowest BCUT2D eigenvalue weighted by Gasteiger charge is -2.25. The van der Waals surface area contributed by atoms with Gasteiger partial charge in [-0.2, -0.15) is 64.8 Å². The minimum absolute atomic E-state index is 0.148. The lowest BCUT2D eigenvalue weighted by atomic mass is 10.1. The van der Waals surface area contributed by atoms with E-state index in [1.54, 1.807) is 7.05 Å². The van der Waals surface area contributed by atoms with Crippen LogP contribution in [0.2, 0.25) is 0 Å². The number of carbonyl (C=O) groups is 1. The van der Waals surface area contributed by atoms with Crippen molar-refractivity contribution in [2.45, 2.75) is 35.8 Å². The van der Waals surface area contributed by atoms with Crippen molar-refractivity contribution >= 4 is 41.6 Å². The molecular formula is C21H26F9N3O8S3. The van der Waals surface area contributed by atoms with Crippen molar-refractivity contribution in [3.8, 4) is 0 Å². The zero-order valence-electron chi connectivity index (χ0n) is 22.6. The van der Waals surface area contributed by atoms with Crippen LogP contribution in [0.25, 0.3) is 0 Å². The average molecular weight is 716 g/mol. The van der Waals surface area contributed by atoms with Crippen molar-refractivity contribution in [3.05, 3.63) is 42.2 Å². The number of likely N-dealkylation sites (tertiary alicyclic amines) is 1. The van der Waals surface area contributed by atoms with Crippen LogP contribution in [0, 0.1) is 0 Å². The Balaban J connectivity index is 0.000000364. The molecule has 0 spiro atoms. The molecule has 2 aliphatic heterocycles. The fourth-order valence-electron chi connectivity index (χ4n) is 3.03. The van der Waals surface area contributed by atoms with Crippen LogP contribution >= 0.6 is 0 Å². The molecule has 44 heavy (non-hydrogen) atoms. The monoisotopic (exact) mass is 715 g/mol. The highest BCUT2D eigenvalue weighted by atomic mass is 32.3. The number of piperidine rings is 1. The summed E-state index contributed by atoms with van der Waals surface area (Å²) in [5, 5.41) is 0. The minimum Gasteiger partial charge on any atom is -0.381 e. The van der Waals surface area contributed by atoms with Crippen molar-refractivity contribution in [3.63, 3.8) is 0 Å². The molecular weight excluding hydrogens is 689 g/mol. The first-order chi connectivity index (χ1) is 19.7. The number of rotatable bonds is 5. The van der Waals surface area contributed by atoms with Crippen LogP contribution in [-0.4, -0.2) is 97.6 Å². The number of halogens is 9. The number of para-hydroxylation sites is 1. The van der Waals surface area contributed by atoms with Gasteiger partial charge < -0.3 is 14.0 Å². The Morgan fingerprint density at radius 1 is 0.682 bits per heavy atom. The molecule has 23 heteroatoms. The maximum absolute atomic E-state index is 12.4. The van der Waals surface area contributed by atoms with Crippen LogP contribution in [0.5, 0.6) is 0 Å². The fourth-order valence-corrected chi connectivity index (χ4v) is 6.27. The summed E-state index contributed by atoms with van der Waals surface area (Å²) in [5.41, 5.74) is -19.1. The summed E-state index contributed by atoms with van der Waals surface area (Å²) >= 11 is 0. The number of hydrogen-bond donors (Lipinski definition) is 0. The van der Waals surface area contributed by atoms with E-state index in [0.717, 1.165) is 44.1 Å². The van der Waals surface area contributed by atoms with Crippen molar-refractivity contribution in [1.29, 1.82) is 0 Å². The smallest absolute Gasteiger partial charge is 0.381 e. The first-order valence-electron chi connectivity index (χ1n) is 11.8. The molecule has 0 atom stereocenters. The molecule has 254 valence electrons. The molecule has 2 aliphatic rings. The van der Waals surface area contributed by atoms with E-state index in [4.69, 9.17) is 0 Å². The molecule has 2 heterocycles. The Labute approximate surface area is 247 Å². The minimum atomic E-state index is -6.81. The molecule has 0 N–H and O–H groups in total. The van der Waals surface area contributed by atoms with E-state index < -0.39 is 56.1 Å². The number of hydrogen-bond acceptors (Lipinski definition) is 10. The van der Waals surface area contributed by atoms with Gasteiger partial charge in [-0.1, -0.05) is 18.2 Å². The van der Waals surface area contributed by atoms with Crippen molar-refractivity contribution in [1.82, 2.24) is 9.80 Å². The number of sulfonamides is 2. The number of carbonyl (C=O) groups excluding carboxylic acids is 1. The standard InChI is InChI=1S/C8H5F6NO4S2.C7H10F3NO3S.C6H11NO/c9-7(10,11)20(16,17)15(6-4-2-1-3-5-6)21(18,19)8(12,13)14;1-11-4-2-6(3-5-11)14-15(12,13)7(8,9)10;1-7-4-2-6(8)3-5-7/h1-5H;2H,3-5H2,1H3;2-5H2,1H3. The Morgan fingerprint density at radius 2 is 1.11 bits per heavy atom. The molecule has 1 aromatic rings. The third kappa shape index (κ3) is 10.8. The van der Waals surface area contributed by atoms with Crippen LogP contribution in [-0.2, 0) is 39.1 Å². The quantitative estimate of drug-likeness (QED) is 0.253. The summed E-state index contributed by atoms with van der Waals surface area (Å²) in [7, 11) is -15.3. The van der Waals surface area contributed by atoms with E-state index in [1.807, 2.05) is 11.9 Å². The molecule has 11 nitrogen and oxygen atoms in total. The maximum Gasteiger partial charge on any atom is 0.534 e. The molecule has 0 unspecified atom stereocenters. The van der Waals surface area contributed by atoms with Crippen LogP contribution in [0.4, 0.5) is 45.2 Å². The fraction of sp³-hybridized carbons (Fsp3) is 0.571. The first-order valence-corrected chi connectivity index (χ1v) is 16.1. The molecule has 0 aromatic heterocycles. The second-order valence-electron chi connectivity index (χ2n) is 8.94. The number of nitrogens with zero attached hydrogens (tertiary/aromatic N) is 3. The summed E-state index contributed by atoms with van der Waals surface area (Å²) < 4.78 is 178. The summed E-state index contributed by atoms with van der Waals surface area (Å²) in [6.07, 6.45) is 3.01. The Hall–Kier alpha value is -2.63. The highest BCUT2D eigenvalue weighted by Gasteiger charge is 2.61. The molecule has 0 saturated carbocycles. The number of benzene rings is 1. The van der Waals surface area contributed by atoms with Gasteiger partial charge in [0.1, 0.15) is 11.5 Å². The number of alkyl halides is 9. The molecule has 1 fully saturated rings. The third-order valence-corrected chi connectivity index (χ3v) is 10.0. The van der Waals surface area contributed by atoms with Gasteiger partial charge in [0, 0.05) is 45.4 Å². The second kappa shape index (κ2) is 14.6. The molecule has 0 aliphatic carbocycles. The Kier molecular flexibility index (Phi) is 13.1. The molecule has 3 rings (SSSR count). The Morgan fingerprint density at radius 3 is 1.45 bits per heavy atom. The van der Waals surface area contributed by atoms with Gasteiger partial charge in [-0.15, -0.1) is 3.71 Å². The average Bonchev–Trinajstić information content (AvgIpc) is 2.86. The summed E-state index contributed by atoms with van der Waals surface area (Å²) in [4.78, 5) is 14.6. The third-order valence-electron chi connectivity index (χ3n) is 5.40. The van der Waals surface area contributed by atoms with Gasteiger partial charge in [-0.3, -0.25) is 4.79 Å². The van der Waals surface area contributed by atoms with Crippen LogP contribution < -0.4 is 3.71 Å². The normalized spacial score (nSPS) is 17.8. The zero-order chi connectivity index (χ0) is 34.4. The predicted octanol–water partition coefficient (Wildman–Crippen LogP) is 3.55. The number of ketones is 1. The number of likely N-dealkylation sites (N-methyl/N-ethyl adjacent to an activating group) is 1. The van der Waals surface area contributed by atoms with Gasteiger partial charge in [0.05, 0.1) is 5.69 Å². The predicted molar refractivity (Wildman–Crippen MR) is 137 cm³/mol. The molecule has 0 bridgehead atoms. The van der Waals surface area contributed by atoms with Gasteiger partial charge >= 0.3 is 46.7 Å². The van der Waals surface area contributed by atoms with Gasteiger partial charge in [-0.25, -0.2) is 0 Å². The van der Waals surface area contributed by atoms with E-state index in [0.29, 0.717) is 31.0 Å². The van der Waals surface area contributed by atoms with Gasteiger partial charge in [0.25, 0.3) is 0 Å². The van der Waals surface area contributed by atoms with E-state index >= 15 is 0 Å². The van der Waals surface area contributed by atoms with Gasteiger partial charge in [0.15, 0.2) is 0 Å². The summed E-state index contributed by atoms with van der Waals surface area (Å²) in [5.74, 6) is 0.272. The molecule has 0 radical (unpaired) electrons. The SMILES string of the molecule is CN1CC=C(OS(=O)(=O)C(F)(F)F)CC1.CN1CCC(=O)CC1.O=S(=O)(N(c1ccccc1)S(=O)(=O)C(F)(F)F)C(F)(F)F. The summed E-state index contributed by atoms with van der Waals surface area (Å²) in [6.45, 7) is 2.76. The largest absolute Gasteiger partial charge is 0.534 e. The summed E-state index contributed by atoms with van der Waals surface area (Å²) in [6, 6.07) is 3.85. The number of Topliss-reactive ketones (excluding diaryl/α,β-unsaturated/α-hetero) is 1. The molecule has 0 amide bonds. The maximum atomic E-state index is 12.4. The van der Waals surface area contributed by atoms with Gasteiger partial charge in [-0.05, 0) is 32.3 Å². The van der Waals surface area contributed by atoms with Crippen LogP contribution in [0.1, 0.15) is 19.3 Å². The topological polar surface area (TPSA) is 138 Å². The van der Waals surface area contributed by atoms with E-state index in [-0.39, 0.29) is 12.2 Å². The van der Waals surface area contributed by atoms with Crippen molar-refractivity contribution in [2.24, 2.45) is 0 Å². The van der Waals surface area contributed by atoms with Crippen molar-refractivity contribution in [2.75, 3.05) is 44.0 Å². The van der Waals surface area contributed by atoms with Crippen molar-refractivity contribution < 1.29 is 73.7 Å². The zero-order valence-corrected chi connectivity index (χ0v) is 25.1. The first kappa shape index (κ1) is 39.4. The van der Waals surface area contributed by atoms with Crippen LogP contribution in [0.3, 0.4) is 0 Å². The molecule has 1 saturated heterocycles. The van der Waals surface area contributed by atoms with Crippen LogP contribution in [0.15, 0.2) is 42.2 Å². The Bertz CT molecular complexity index is 1420. The van der Waals surface area contributed by atoms with Gasteiger partial charge in [0.2, 0.25) is 0 Å². The van der Waals surface area contributed by atoms with E-state index in [2.05, 4.69) is 9.08 Å². The van der Waals surface area contributed by atoms with E-state index in [1.165, 1.54) is 6.08 Å². The molecule has 1 aromatic carbocycles. The lowest BCUT2D eigenvalue weighted by Crippen LogP contribution is -2.49.